The van der Waals surface area contributed by atoms with E-state index in [0.717, 1.165) is 180 Å². The number of hydrogen-bond acceptors (Lipinski definition) is 6. The third-order valence-electron chi connectivity index (χ3n) is 13.0. The molecule has 6 heteroatoms. The summed E-state index contributed by atoms with van der Waals surface area (Å²) in [6.45, 7) is 6.27. The van der Waals surface area contributed by atoms with E-state index in [9.17, 15) is 14.4 Å². The van der Waals surface area contributed by atoms with Crippen LogP contribution >= 0.6 is 0 Å². The van der Waals surface area contributed by atoms with Crippen LogP contribution in [-0.4, -0.2) is 37.2 Å². The summed E-state index contributed by atoms with van der Waals surface area (Å²) in [4.78, 5) is 38.3. The molecule has 0 fully saturated rings. The van der Waals surface area contributed by atoms with Crippen molar-refractivity contribution in [3.05, 3.63) is 194 Å². The monoisotopic (exact) mass is 1140 g/mol. The molecule has 83 heavy (non-hydrogen) atoms. The van der Waals surface area contributed by atoms with Crippen LogP contribution in [0.4, 0.5) is 0 Å². The molecule has 0 aliphatic rings. The second-order valence-corrected chi connectivity index (χ2v) is 20.9. The number of esters is 3. The molecule has 462 valence electrons. The smallest absolute Gasteiger partial charge is 0.306 e. The van der Waals surface area contributed by atoms with Gasteiger partial charge in [0, 0.05) is 19.3 Å². The number of unbranched alkanes of at least 4 members (excludes halogenated alkanes) is 14. The van der Waals surface area contributed by atoms with Gasteiger partial charge < -0.3 is 14.2 Å². The molecule has 0 heterocycles. The highest BCUT2D eigenvalue weighted by atomic mass is 16.6. The predicted octanol–water partition coefficient (Wildman–Crippen LogP) is 23.0. The van der Waals surface area contributed by atoms with E-state index < -0.39 is 6.10 Å². The summed E-state index contributed by atoms with van der Waals surface area (Å²) in [6, 6.07) is 0. The molecular weight excluding hydrogens is 1020 g/mol. The van der Waals surface area contributed by atoms with Gasteiger partial charge in [-0.05, 0) is 154 Å². The number of carbonyl (C=O) groups is 3. The lowest BCUT2D eigenvalue weighted by Gasteiger charge is -2.18. The van der Waals surface area contributed by atoms with Crippen molar-refractivity contribution in [1.82, 2.24) is 0 Å². The Kier molecular flexibility index (Phi) is 64.0. The van der Waals surface area contributed by atoms with Gasteiger partial charge in [0.2, 0.25) is 0 Å². The van der Waals surface area contributed by atoms with Crippen LogP contribution in [0.5, 0.6) is 0 Å². The van der Waals surface area contributed by atoms with Crippen LogP contribution < -0.4 is 0 Å². The lowest BCUT2D eigenvalue weighted by atomic mass is 10.1. The molecule has 0 radical (unpaired) electrons. The van der Waals surface area contributed by atoms with E-state index in [-0.39, 0.29) is 44.0 Å². The van der Waals surface area contributed by atoms with E-state index in [2.05, 4.69) is 215 Å². The van der Waals surface area contributed by atoms with Crippen LogP contribution in [0.2, 0.25) is 0 Å². The molecule has 0 amide bonds. The standard InChI is InChI=1S/C77H118O6/c1-4-7-10-13-16-19-22-25-27-29-31-33-35-36-37-38-39-40-42-43-45-47-49-52-55-58-61-64-67-70-76(79)82-73-74(72-81-75(78)69-66-63-60-57-54-51-24-21-18-15-12-9-6-3)83-77(80)71-68-65-62-59-56-53-50-48-46-44-41-34-32-30-28-26-23-20-17-14-11-8-5-2/h7-8,10-12,15-17,19-21,24-28,31-34,36-37,39-40,43-46,49,52,58,61,74H,4-6,9,13-14,18,22-23,29-30,35,38,41-42,47-48,50-51,53-57,59-60,62-73H2,1-3H3/b10-7-,11-8-,15-12-,19-16-,20-17-,24-21-,27-25-,28-26-,33-31-,34-32-,37-36-,40-39-,45-43-,46-44-,52-49-,61-58-. The number of hydrogen-bond donors (Lipinski definition) is 0. The van der Waals surface area contributed by atoms with Crippen LogP contribution in [0, 0.1) is 0 Å². The van der Waals surface area contributed by atoms with Gasteiger partial charge in [0.15, 0.2) is 6.10 Å². The Bertz CT molecular complexity index is 1990. The molecule has 6 nitrogen and oxygen atoms in total. The molecule has 0 saturated carbocycles. The second kappa shape index (κ2) is 68.7. The maximum atomic E-state index is 12.9. The van der Waals surface area contributed by atoms with Gasteiger partial charge in [0.25, 0.3) is 0 Å². The molecule has 1 unspecified atom stereocenters. The molecule has 0 aliphatic heterocycles. The van der Waals surface area contributed by atoms with Gasteiger partial charge in [-0.25, -0.2) is 0 Å². The van der Waals surface area contributed by atoms with Crippen molar-refractivity contribution < 1.29 is 28.6 Å². The lowest BCUT2D eigenvalue weighted by Crippen LogP contribution is -2.30. The summed E-state index contributed by atoms with van der Waals surface area (Å²) in [5.74, 6) is -1.01. The van der Waals surface area contributed by atoms with E-state index in [1.165, 1.54) is 25.7 Å². The Hall–Kier alpha value is -5.75. The van der Waals surface area contributed by atoms with Crippen LogP contribution in [0.1, 0.15) is 252 Å². The topological polar surface area (TPSA) is 78.9 Å². The maximum Gasteiger partial charge on any atom is 0.306 e. The summed E-state index contributed by atoms with van der Waals surface area (Å²) < 4.78 is 16.9. The van der Waals surface area contributed by atoms with Crippen molar-refractivity contribution in [2.75, 3.05) is 13.2 Å². The third kappa shape index (κ3) is 66.9. The summed E-state index contributed by atoms with van der Waals surface area (Å²) >= 11 is 0. The van der Waals surface area contributed by atoms with Crippen molar-refractivity contribution in [2.45, 2.75) is 258 Å². The Balaban J connectivity index is 4.50. The zero-order chi connectivity index (χ0) is 59.9. The zero-order valence-electron chi connectivity index (χ0n) is 52.9. The highest BCUT2D eigenvalue weighted by Gasteiger charge is 2.19. The highest BCUT2D eigenvalue weighted by molar-refractivity contribution is 5.71. The maximum absolute atomic E-state index is 12.9. The SMILES string of the molecule is CC/C=C\C/C=C\C/C=C\C/C=C\C/C=C\C/C=C\C/C=C\C/C=C\C/C=C\CCCC(=O)OCC(COC(=O)CCCCCCC/C=C\C/C=C\CCC)OC(=O)CCCCCCCCC/C=C\C/C=C\C/C=C\C/C=C\C/C=C\CC. The average Bonchev–Trinajstić information content (AvgIpc) is 3.49. The minimum Gasteiger partial charge on any atom is -0.462 e. The largest absolute Gasteiger partial charge is 0.462 e. The van der Waals surface area contributed by atoms with Gasteiger partial charge in [0.05, 0.1) is 0 Å². The van der Waals surface area contributed by atoms with Crippen molar-refractivity contribution in [1.29, 1.82) is 0 Å². The molecule has 0 bridgehead atoms. The number of allylic oxidation sites excluding steroid dienone is 32. The Morgan fingerprint density at radius 1 is 0.253 bits per heavy atom. The molecule has 0 aromatic carbocycles. The van der Waals surface area contributed by atoms with Crippen molar-refractivity contribution in [2.24, 2.45) is 0 Å². The van der Waals surface area contributed by atoms with Gasteiger partial charge in [-0.15, -0.1) is 0 Å². The number of rotatable bonds is 57. The first kappa shape index (κ1) is 77.2. The zero-order valence-corrected chi connectivity index (χ0v) is 52.9. The van der Waals surface area contributed by atoms with Gasteiger partial charge in [-0.3, -0.25) is 14.4 Å². The fraction of sp³-hybridized carbons (Fsp3) is 0.545. The highest BCUT2D eigenvalue weighted by Crippen LogP contribution is 2.13. The molecule has 0 spiro atoms. The van der Waals surface area contributed by atoms with Crippen LogP contribution in [0.3, 0.4) is 0 Å². The Labute approximate surface area is 509 Å². The van der Waals surface area contributed by atoms with Crippen LogP contribution in [0.25, 0.3) is 0 Å². The summed E-state index contributed by atoms with van der Waals surface area (Å²) in [5, 5.41) is 0. The first-order valence-corrected chi connectivity index (χ1v) is 32.9. The van der Waals surface area contributed by atoms with E-state index in [1.807, 2.05) is 0 Å². The molecule has 0 saturated heterocycles. The number of ether oxygens (including phenoxy) is 3. The summed E-state index contributed by atoms with van der Waals surface area (Å²) in [7, 11) is 0. The van der Waals surface area contributed by atoms with E-state index in [4.69, 9.17) is 14.2 Å². The third-order valence-corrected chi connectivity index (χ3v) is 13.0. The van der Waals surface area contributed by atoms with E-state index in [0.29, 0.717) is 12.8 Å². The molecule has 0 N–H and O–H groups in total. The predicted molar refractivity (Wildman–Crippen MR) is 361 cm³/mol. The first-order valence-electron chi connectivity index (χ1n) is 32.9. The quantitative estimate of drug-likeness (QED) is 0.0261. The molecular formula is C77H118O6. The molecule has 0 rings (SSSR count). The minimum atomic E-state index is -0.827. The van der Waals surface area contributed by atoms with Gasteiger partial charge in [-0.2, -0.15) is 0 Å². The molecule has 0 aliphatic carbocycles. The second-order valence-electron chi connectivity index (χ2n) is 20.9. The van der Waals surface area contributed by atoms with Crippen molar-refractivity contribution in [3.8, 4) is 0 Å². The average molecular weight is 1140 g/mol. The van der Waals surface area contributed by atoms with Gasteiger partial charge in [0.1, 0.15) is 13.2 Å². The first-order chi connectivity index (χ1) is 41.0. The van der Waals surface area contributed by atoms with E-state index in [1.54, 1.807) is 0 Å². The molecule has 1 atom stereocenters. The Morgan fingerprint density at radius 2 is 0.482 bits per heavy atom. The summed E-state index contributed by atoms with van der Waals surface area (Å²) in [5.41, 5.74) is 0. The number of carbonyl (C=O) groups excluding carboxylic acids is 3. The molecule has 0 aromatic heterocycles. The normalized spacial score (nSPS) is 13.4. The molecule has 0 aromatic rings. The van der Waals surface area contributed by atoms with Gasteiger partial charge >= 0.3 is 17.9 Å². The van der Waals surface area contributed by atoms with Crippen molar-refractivity contribution in [3.63, 3.8) is 0 Å². The van der Waals surface area contributed by atoms with Gasteiger partial charge in [-0.1, -0.05) is 273 Å². The lowest BCUT2D eigenvalue weighted by molar-refractivity contribution is -0.167. The fourth-order valence-corrected chi connectivity index (χ4v) is 8.21. The van der Waals surface area contributed by atoms with Crippen molar-refractivity contribution >= 4 is 17.9 Å². The fourth-order valence-electron chi connectivity index (χ4n) is 8.21. The van der Waals surface area contributed by atoms with E-state index >= 15 is 0 Å². The minimum absolute atomic E-state index is 0.118. The van der Waals surface area contributed by atoms with Crippen LogP contribution in [0.15, 0.2) is 194 Å². The summed E-state index contributed by atoms with van der Waals surface area (Å²) in [6.07, 6.45) is 104. The van der Waals surface area contributed by atoms with Crippen LogP contribution in [-0.2, 0) is 28.6 Å². The Morgan fingerprint density at radius 3 is 0.783 bits per heavy atom.